The van der Waals surface area contributed by atoms with E-state index in [1.165, 1.54) is 32.5 Å². The van der Waals surface area contributed by atoms with Gasteiger partial charge in [-0.15, -0.1) is 12.3 Å². The maximum absolute atomic E-state index is 5.23. The molecule has 0 unspecified atom stereocenters. The summed E-state index contributed by atoms with van der Waals surface area (Å²) in [6.07, 6.45) is 9.90. The third-order valence-electron chi connectivity index (χ3n) is 2.88. The molecule has 1 aliphatic heterocycles. The first kappa shape index (κ1) is 11.6. The van der Waals surface area contributed by atoms with Gasteiger partial charge in [0.05, 0.1) is 0 Å². The van der Waals surface area contributed by atoms with Crippen molar-refractivity contribution in [3.63, 3.8) is 0 Å². The number of hydrogen-bond donors (Lipinski definition) is 1. The van der Waals surface area contributed by atoms with Crippen molar-refractivity contribution < 1.29 is 0 Å². The van der Waals surface area contributed by atoms with Crippen molar-refractivity contribution >= 4 is 0 Å². The fraction of sp³-hybridized carbons (Fsp3) is 0.833. The van der Waals surface area contributed by atoms with Gasteiger partial charge in [0.15, 0.2) is 0 Å². The molecule has 0 atom stereocenters. The zero-order valence-corrected chi connectivity index (χ0v) is 9.26. The van der Waals surface area contributed by atoms with Crippen molar-refractivity contribution in [1.29, 1.82) is 0 Å². The zero-order chi connectivity index (χ0) is 10.2. The molecule has 1 fully saturated rings. The second kappa shape index (κ2) is 6.86. The van der Waals surface area contributed by atoms with Gasteiger partial charge in [-0.2, -0.15) is 0 Å². The molecule has 2 nitrogen and oxygen atoms in total. The average Bonchev–Trinajstić information content (AvgIpc) is 2.21. The normalized spacial score (nSPS) is 19.4. The van der Waals surface area contributed by atoms with Gasteiger partial charge in [0.25, 0.3) is 0 Å². The molecule has 1 aliphatic rings. The summed E-state index contributed by atoms with van der Waals surface area (Å²) in [5.41, 5.74) is 0. The van der Waals surface area contributed by atoms with Crippen molar-refractivity contribution in [1.82, 2.24) is 10.2 Å². The van der Waals surface area contributed by atoms with E-state index in [9.17, 15) is 0 Å². The van der Waals surface area contributed by atoms with Crippen LogP contribution in [0.5, 0.6) is 0 Å². The maximum Gasteiger partial charge on any atom is 0.00982 e. The Bertz CT molecular complexity index is 175. The Morgan fingerprint density at radius 2 is 2.14 bits per heavy atom. The molecule has 1 N–H and O–H groups in total. The van der Waals surface area contributed by atoms with Crippen LogP contribution in [0, 0.1) is 12.3 Å². The van der Waals surface area contributed by atoms with Crippen molar-refractivity contribution in [2.75, 3.05) is 26.2 Å². The molecule has 2 heteroatoms. The van der Waals surface area contributed by atoms with Crippen LogP contribution in [0.3, 0.4) is 0 Å². The SMILES string of the molecule is C#CCCCN1CCC(NCC)CC1. The molecule has 80 valence electrons. The fourth-order valence-electron chi connectivity index (χ4n) is 2.05. The van der Waals surface area contributed by atoms with E-state index in [-0.39, 0.29) is 0 Å². The molecule has 1 saturated heterocycles. The second-order valence-corrected chi connectivity index (χ2v) is 3.98. The summed E-state index contributed by atoms with van der Waals surface area (Å²) in [4.78, 5) is 2.53. The molecular formula is C12H22N2. The Morgan fingerprint density at radius 3 is 2.71 bits per heavy atom. The van der Waals surface area contributed by atoms with Gasteiger partial charge in [-0.25, -0.2) is 0 Å². The number of terminal acetylenes is 1. The molecular weight excluding hydrogens is 172 g/mol. The predicted octanol–water partition coefficient (Wildman–Crippen LogP) is 1.47. The largest absolute Gasteiger partial charge is 0.314 e. The number of nitrogens with one attached hydrogen (secondary N) is 1. The summed E-state index contributed by atoms with van der Waals surface area (Å²) in [5, 5.41) is 3.51. The lowest BCUT2D eigenvalue weighted by molar-refractivity contribution is 0.198. The Morgan fingerprint density at radius 1 is 1.43 bits per heavy atom. The third-order valence-corrected chi connectivity index (χ3v) is 2.88. The highest BCUT2D eigenvalue weighted by Gasteiger charge is 2.17. The topological polar surface area (TPSA) is 15.3 Å². The Hall–Kier alpha value is -0.520. The second-order valence-electron chi connectivity index (χ2n) is 3.98. The standard InChI is InChI=1S/C12H22N2/c1-3-5-6-9-14-10-7-12(8-11-14)13-4-2/h1,12-13H,4-11H2,2H3. The van der Waals surface area contributed by atoms with Crippen LogP contribution in [0.15, 0.2) is 0 Å². The summed E-state index contributed by atoms with van der Waals surface area (Å²) in [7, 11) is 0. The molecule has 1 heterocycles. The van der Waals surface area contributed by atoms with E-state index < -0.39 is 0 Å². The van der Waals surface area contributed by atoms with Crippen LogP contribution < -0.4 is 5.32 Å². The highest BCUT2D eigenvalue weighted by Crippen LogP contribution is 2.10. The minimum atomic E-state index is 0.754. The van der Waals surface area contributed by atoms with Crippen LogP contribution in [0.4, 0.5) is 0 Å². The first-order chi connectivity index (χ1) is 6.86. The summed E-state index contributed by atoms with van der Waals surface area (Å²) in [6.45, 7) is 6.94. The summed E-state index contributed by atoms with van der Waals surface area (Å²) in [5.74, 6) is 2.70. The van der Waals surface area contributed by atoms with Gasteiger partial charge < -0.3 is 10.2 Å². The quantitative estimate of drug-likeness (QED) is 0.527. The lowest BCUT2D eigenvalue weighted by Crippen LogP contribution is -2.42. The van der Waals surface area contributed by atoms with Crippen LogP contribution in [0.2, 0.25) is 0 Å². The molecule has 0 saturated carbocycles. The van der Waals surface area contributed by atoms with Gasteiger partial charge >= 0.3 is 0 Å². The monoisotopic (exact) mass is 194 g/mol. The first-order valence-electron chi connectivity index (χ1n) is 5.76. The minimum absolute atomic E-state index is 0.754. The first-order valence-corrected chi connectivity index (χ1v) is 5.76. The third kappa shape index (κ3) is 4.13. The van der Waals surface area contributed by atoms with E-state index in [1.54, 1.807) is 0 Å². The number of rotatable bonds is 5. The zero-order valence-electron chi connectivity index (χ0n) is 9.26. The average molecular weight is 194 g/mol. The summed E-state index contributed by atoms with van der Waals surface area (Å²) < 4.78 is 0. The maximum atomic E-state index is 5.23. The molecule has 0 aromatic heterocycles. The van der Waals surface area contributed by atoms with E-state index in [0.717, 1.165) is 25.4 Å². The van der Waals surface area contributed by atoms with Crippen LogP contribution in [0.25, 0.3) is 0 Å². The highest BCUT2D eigenvalue weighted by atomic mass is 15.1. The molecule has 0 aromatic rings. The van der Waals surface area contributed by atoms with Crippen LogP contribution in [-0.2, 0) is 0 Å². The van der Waals surface area contributed by atoms with Crippen molar-refractivity contribution in [2.45, 2.75) is 38.6 Å². The minimum Gasteiger partial charge on any atom is -0.314 e. The van der Waals surface area contributed by atoms with E-state index >= 15 is 0 Å². The molecule has 0 amide bonds. The van der Waals surface area contributed by atoms with E-state index in [0.29, 0.717) is 0 Å². The number of hydrogen-bond acceptors (Lipinski definition) is 2. The number of unbranched alkanes of at least 4 members (excludes halogenated alkanes) is 1. The molecule has 0 bridgehead atoms. The van der Waals surface area contributed by atoms with Gasteiger partial charge in [0, 0.05) is 12.5 Å². The highest BCUT2D eigenvalue weighted by molar-refractivity contribution is 4.84. The lowest BCUT2D eigenvalue weighted by atomic mass is 10.0. The Kier molecular flexibility index (Phi) is 5.66. The van der Waals surface area contributed by atoms with Gasteiger partial charge in [0.1, 0.15) is 0 Å². The molecule has 0 aromatic carbocycles. The van der Waals surface area contributed by atoms with Crippen molar-refractivity contribution in [3.8, 4) is 12.3 Å². The number of likely N-dealkylation sites (tertiary alicyclic amines) is 1. The van der Waals surface area contributed by atoms with Gasteiger partial charge in [-0.3, -0.25) is 0 Å². The van der Waals surface area contributed by atoms with Crippen molar-refractivity contribution in [2.24, 2.45) is 0 Å². The molecule has 0 radical (unpaired) electrons. The fourth-order valence-corrected chi connectivity index (χ4v) is 2.05. The van der Waals surface area contributed by atoms with Crippen LogP contribution >= 0.6 is 0 Å². The van der Waals surface area contributed by atoms with Gasteiger partial charge in [0.2, 0.25) is 0 Å². The Balaban J connectivity index is 2.07. The van der Waals surface area contributed by atoms with E-state index in [2.05, 4.69) is 23.1 Å². The van der Waals surface area contributed by atoms with Gasteiger partial charge in [-0.05, 0) is 45.4 Å². The predicted molar refractivity (Wildman–Crippen MR) is 61.2 cm³/mol. The van der Waals surface area contributed by atoms with Crippen LogP contribution in [-0.4, -0.2) is 37.1 Å². The Labute approximate surface area is 88.1 Å². The van der Waals surface area contributed by atoms with Crippen LogP contribution in [0.1, 0.15) is 32.6 Å². The number of nitrogens with zero attached hydrogens (tertiary/aromatic N) is 1. The summed E-state index contributed by atoms with van der Waals surface area (Å²) in [6, 6.07) is 0.754. The lowest BCUT2D eigenvalue weighted by Gasteiger charge is -2.32. The smallest absolute Gasteiger partial charge is 0.00982 e. The summed E-state index contributed by atoms with van der Waals surface area (Å²) >= 11 is 0. The molecule has 14 heavy (non-hydrogen) atoms. The van der Waals surface area contributed by atoms with E-state index in [4.69, 9.17) is 6.42 Å². The number of piperidine rings is 1. The molecule has 0 spiro atoms. The van der Waals surface area contributed by atoms with E-state index in [1.807, 2.05) is 0 Å². The molecule has 1 rings (SSSR count). The molecule has 0 aliphatic carbocycles. The van der Waals surface area contributed by atoms with Crippen molar-refractivity contribution in [3.05, 3.63) is 0 Å². The van der Waals surface area contributed by atoms with Gasteiger partial charge in [-0.1, -0.05) is 6.92 Å².